The molecule has 0 bridgehead atoms. The van der Waals surface area contributed by atoms with Gasteiger partial charge in [-0.2, -0.15) is 0 Å². The number of aliphatic hydroxyl groups excluding tert-OH is 2. The molecule has 0 saturated heterocycles. The number of thioether (sulfide) groups is 1. The van der Waals surface area contributed by atoms with Gasteiger partial charge in [0, 0.05) is 10.6 Å². The van der Waals surface area contributed by atoms with E-state index in [1.807, 2.05) is 0 Å². The molecule has 2 N–H and O–H groups in total. The van der Waals surface area contributed by atoms with Gasteiger partial charge in [0.1, 0.15) is 0 Å². The molecule has 0 saturated carbocycles. The molecule has 0 spiro atoms. The van der Waals surface area contributed by atoms with Crippen molar-refractivity contribution in [3.63, 3.8) is 0 Å². The minimum absolute atomic E-state index is 0.0930. The normalized spacial score (nSPS) is 12.9. The minimum atomic E-state index is -0.875. The van der Waals surface area contributed by atoms with E-state index in [9.17, 15) is 5.11 Å². The van der Waals surface area contributed by atoms with Gasteiger partial charge in [-0.05, 0) is 0 Å². The van der Waals surface area contributed by atoms with Gasteiger partial charge >= 0.3 is 0 Å². The summed E-state index contributed by atoms with van der Waals surface area (Å²) in [5.41, 5.74) is 0. The molecular formula is C9H7Cl5O2S. The molecule has 0 heterocycles. The summed E-state index contributed by atoms with van der Waals surface area (Å²) in [5, 5.41) is 18.6. The number of aliphatic hydroxyl groups is 2. The van der Waals surface area contributed by atoms with Gasteiger partial charge in [-0.15, -0.1) is 11.8 Å². The van der Waals surface area contributed by atoms with E-state index in [2.05, 4.69) is 0 Å². The molecule has 0 aliphatic rings. The quantitative estimate of drug-likeness (QED) is 0.477. The highest BCUT2D eigenvalue weighted by molar-refractivity contribution is 7.99. The van der Waals surface area contributed by atoms with Crippen LogP contribution < -0.4 is 0 Å². The Kier molecular flexibility index (Phi) is 6.51. The van der Waals surface area contributed by atoms with E-state index in [4.69, 9.17) is 63.1 Å². The van der Waals surface area contributed by atoms with Crippen LogP contribution in [-0.2, 0) is 0 Å². The van der Waals surface area contributed by atoms with Crippen molar-refractivity contribution in [2.75, 3.05) is 12.4 Å². The summed E-state index contributed by atoms with van der Waals surface area (Å²) < 4.78 is 0. The van der Waals surface area contributed by atoms with Gasteiger partial charge in [-0.25, -0.2) is 0 Å². The molecule has 0 aromatic heterocycles. The fraction of sp³-hybridized carbons (Fsp3) is 0.333. The van der Waals surface area contributed by atoms with Gasteiger partial charge < -0.3 is 10.2 Å². The summed E-state index contributed by atoms with van der Waals surface area (Å²) in [4.78, 5) is 0.431. The average molecular weight is 356 g/mol. The number of hydrogen-bond donors (Lipinski definition) is 2. The van der Waals surface area contributed by atoms with Gasteiger partial charge in [0.15, 0.2) is 0 Å². The summed E-state index contributed by atoms with van der Waals surface area (Å²) in [6.07, 6.45) is -0.875. The lowest BCUT2D eigenvalue weighted by Crippen LogP contribution is -2.14. The predicted octanol–water partition coefficient (Wildman–Crippen LogP) is 4.40. The largest absolute Gasteiger partial charge is 0.394 e. The zero-order valence-corrected chi connectivity index (χ0v) is 12.8. The number of rotatable bonds is 4. The average Bonchev–Trinajstić information content (AvgIpc) is 2.33. The number of halogens is 5. The van der Waals surface area contributed by atoms with Gasteiger partial charge in [0.25, 0.3) is 0 Å². The lowest BCUT2D eigenvalue weighted by atomic mass is 10.3. The highest BCUT2D eigenvalue weighted by Gasteiger charge is 2.20. The number of benzene rings is 1. The fourth-order valence-corrected chi connectivity index (χ4v) is 3.44. The second kappa shape index (κ2) is 6.92. The topological polar surface area (TPSA) is 40.5 Å². The maximum Gasteiger partial charge on any atom is 0.0864 e. The van der Waals surface area contributed by atoms with Crippen LogP contribution in [0.3, 0.4) is 0 Å². The highest BCUT2D eigenvalue weighted by Crippen LogP contribution is 2.47. The Morgan fingerprint density at radius 3 is 1.71 bits per heavy atom. The van der Waals surface area contributed by atoms with E-state index in [-0.39, 0.29) is 37.5 Å². The van der Waals surface area contributed by atoms with Crippen molar-refractivity contribution in [3.05, 3.63) is 25.1 Å². The predicted molar refractivity (Wildman–Crippen MR) is 75.3 cm³/mol. The van der Waals surface area contributed by atoms with Crippen LogP contribution >= 0.6 is 69.8 Å². The first-order valence-electron chi connectivity index (χ1n) is 4.33. The van der Waals surface area contributed by atoms with Crippen LogP contribution in [0.1, 0.15) is 0 Å². The van der Waals surface area contributed by atoms with E-state index in [0.29, 0.717) is 4.90 Å². The first kappa shape index (κ1) is 16.0. The molecule has 96 valence electrons. The van der Waals surface area contributed by atoms with Crippen LogP contribution in [0.15, 0.2) is 4.90 Å². The third kappa shape index (κ3) is 3.71. The van der Waals surface area contributed by atoms with Crippen molar-refractivity contribution in [1.82, 2.24) is 0 Å². The van der Waals surface area contributed by atoms with E-state index < -0.39 is 6.10 Å². The zero-order valence-electron chi connectivity index (χ0n) is 8.18. The molecule has 0 aliphatic heterocycles. The van der Waals surface area contributed by atoms with Crippen molar-refractivity contribution in [2.45, 2.75) is 11.0 Å². The Labute approximate surface area is 128 Å². The van der Waals surface area contributed by atoms with Gasteiger partial charge in [0.2, 0.25) is 0 Å². The van der Waals surface area contributed by atoms with Crippen LogP contribution in [0.25, 0.3) is 0 Å². The van der Waals surface area contributed by atoms with Gasteiger partial charge in [0.05, 0.1) is 37.8 Å². The lowest BCUT2D eigenvalue weighted by Gasteiger charge is -2.13. The van der Waals surface area contributed by atoms with E-state index in [1.165, 1.54) is 0 Å². The van der Waals surface area contributed by atoms with Crippen molar-refractivity contribution in [3.8, 4) is 0 Å². The van der Waals surface area contributed by atoms with Crippen LogP contribution in [0.4, 0.5) is 0 Å². The molecule has 0 fully saturated rings. The highest BCUT2D eigenvalue weighted by atomic mass is 35.5. The molecule has 1 atom stereocenters. The standard InChI is InChI=1S/C9H7Cl5O2S/c10-4-5(11)7(13)9(8(14)6(4)12)17-2-3(16)1-15/h3,15-16H,1-2H2/t3-/m0/s1. The molecule has 1 aromatic carbocycles. The molecule has 0 amide bonds. The molecule has 0 aliphatic carbocycles. The van der Waals surface area contributed by atoms with Gasteiger partial charge in [-0.3, -0.25) is 0 Å². The third-order valence-electron chi connectivity index (χ3n) is 1.80. The SMILES string of the molecule is OC[C@H](O)CSc1c(Cl)c(Cl)c(Cl)c(Cl)c1Cl. The second-order valence-electron chi connectivity index (χ2n) is 3.05. The molecule has 1 rings (SSSR count). The zero-order chi connectivity index (χ0) is 13.2. The first-order chi connectivity index (χ1) is 7.90. The summed E-state index contributed by atoms with van der Waals surface area (Å²) in [6, 6.07) is 0. The molecule has 1 aromatic rings. The van der Waals surface area contributed by atoms with E-state index in [0.717, 1.165) is 11.8 Å². The Morgan fingerprint density at radius 1 is 0.882 bits per heavy atom. The van der Waals surface area contributed by atoms with Crippen LogP contribution in [0.5, 0.6) is 0 Å². The van der Waals surface area contributed by atoms with Crippen LogP contribution in [0.2, 0.25) is 25.1 Å². The Hall–Kier alpha value is 0.940. The summed E-state index contributed by atoms with van der Waals surface area (Å²) in [6.45, 7) is -0.350. The second-order valence-corrected chi connectivity index (χ2v) is 5.97. The monoisotopic (exact) mass is 354 g/mol. The number of hydrogen-bond acceptors (Lipinski definition) is 3. The Morgan fingerprint density at radius 2 is 1.29 bits per heavy atom. The maximum absolute atomic E-state index is 9.25. The van der Waals surface area contributed by atoms with Crippen molar-refractivity contribution in [1.29, 1.82) is 0 Å². The van der Waals surface area contributed by atoms with E-state index in [1.54, 1.807) is 0 Å². The molecule has 17 heavy (non-hydrogen) atoms. The smallest absolute Gasteiger partial charge is 0.0864 e. The van der Waals surface area contributed by atoms with Crippen LogP contribution in [0, 0.1) is 0 Å². The van der Waals surface area contributed by atoms with Crippen LogP contribution in [-0.4, -0.2) is 28.7 Å². The van der Waals surface area contributed by atoms with Crippen molar-refractivity contribution in [2.24, 2.45) is 0 Å². The van der Waals surface area contributed by atoms with Crippen molar-refractivity contribution < 1.29 is 10.2 Å². The molecule has 0 radical (unpaired) electrons. The summed E-state index contributed by atoms with van der Waals surface area (Å²) in [7, 11) is 0. The molecule has 2 nitrogen and oxygen atoms in total. The molecular weight excluding hydrogens is 349 g/mol. The third-order valence-corrected chi connectivity index (χ3v) is 5.55. The molecule has 0 unspecified atom stereocenters. The Balaban J connectivity index is 3.07. The summed E-state index contributed by atoms with van der Waals surface area (Å²) >= 11 is 30.7. The molecule has 8 heteroatoms. The minimum Gasteiger partial charge on any atom is -0.394 e. The fourth-order valence-electron chi connectivity index (χ4n) is 0.944. The summed E-state index contributed by atoms with van der Waals surface area (Å²) in [5.74, 6) is 0.213. The Bertz CT molecular complexity index is 397. The van der Waals surface area contributed by atoms with Gasteiger partial charge in [-0.1, -0.05) is 58.0 Å². The van der Waals surface area contributed by atoms with E-state index >= 15 is 0 Å². The first-order valence-corrected chi connectivity index (χ1v) is 7.20. The maximum atomic E-state index is 9.25. The lowest BCUT2D eigenvalue weighted by molar-refractivity contribution is 0.113. The van der Waals surface area contributed by atoms with Crippen molar-refractivity contribution >= 4 is 69.8 Å².